The van der Waals surface area contributed by atoms with Gasteiger partial charge < -0.3 is 10.2 Å². The zero-order chi connectivity index (χ0) is 20.0. The van der Waals surface area contributed by atoms with Gasteiger partial charge in [-0.3, -0.25) is 9.59 Å². The average molecular weight is 377 g/mol. The Morgan fingerprint density at radius 3 is 2.63 bits per heavy atom. The third-order valence-corrected chi connectivity index (χ3v) is 8.21. The van der Waals surface area contributed by atoms with E-state index in [1.807, 2.05) is 13.0 Å². The van der Waals surface area contributed by atoms with Crippen LogP contribution < -0.4 is 0 Å². The normalized spacial score (nSPS) is 45.4. The summed E-state index contributed by atoms with van der Waals surface area (Å²) >= 11 is 0. The van der Waals surface area contributed by atoms with E-state index in [-0.39, 0.29) is 23.4 Å². The van der Waals surface area contributed by atoms with Gasteiger partial charge in [-0.1, -0.05) is 32.8 Å². The number of hydrogen-bond acceptors (Lipinski definition) is 4. The molecule has 0 aliphatic heterocycles. The third kappa shape index (κ3) is 3.33. The zero-order valence-electron chi connectivity index (χ0n) is 17.3. The number of hydrogen-bond donors (Lipinski definition) is 2. The van der Waals surface area contributed by atoms with Gasteiger partial charge in [-0.25, -0.2) is 0 Å². The number of fused-ring (bicyclic) bond motifs is 3. The Hall–Kier alpha value is -1.00. The molecule has 4 heteroatoms. The Kier molecular flexibility index (Phi) is 5.71. The number of carbonyl (C=O) groups excluding carboxylic acids is 2. The van der Waals surface area contributed by atoms with Crippen LogP contribution in [0.15, 0.2) is 11.6 Å². The van der Waals surface area contributed by atoms with Crippen LogP contribution in [0.1, 0.15) is 79.1 Å². The molecule has 0 saturated heterocycles. The summed E-state index contributed by atoms with van der Waals surface area (Å²) < 4.78 is 0. The molecular formula is C23H36O4. The predicted molar refractivity (Wildman–Crippen MR) is 105 cm³/mol. The molecule has 152 valence electrons. The van der Waals surface area contributed by atoms with Crippen LogP contribution in [0, 0.1) is 29.1 Å². The van der Waals surface area contributed by atoms with E-state index in [2.05, 4.69) is 13.8 Å². The molecule has 4 nitrogen and oxygen atoms in total. The van der Waals surface area contributed by atoms with Crippen molar-refractivity contribution in [2.45, 2.75) is 90.8 Å². The summed E-state index contributed by atoms with van der Waals surface area (Å²) in [6.07, 6.45) is 7.41. The lowest BCUT2D eigenvalue weighted by Crippen LogP contribution is -2.58. The predicted octanol–water partition coefficient (Wildman–Crippen LogP) is 3.84. The van der Waals surface area contributed by atoms with Gasteiger partial charge in [-0.15, -0.1) is 0 Å². The quantitative estimate of drug-likeness (QED) is 0.715. The van der Waals surface area contributed by atoms with Gasteiger partial charge in [-0.05, 0) is 75.2 Å². The van der Waals surface area contributed by atoms with Crippen molar-refractivity contribution < 1.29 is 19.8 Å². The highest BCUT2D eigenvalue weighted by atomic mass is 16.3. The molecule has 2 N–H and O–H groups in total. The molecule has 0 bridgehead atoms. The minimum absolute atomic E-state index is 0.138. The number of unbranched alkanes of at least 4 members (excludes halogenated alkanes) is 1. The maximum atomic E-state index is 12.2. The first-order chi connectivity index (χ1) is 12.6. The van der Waals surface area contributed by atoms with Crippen LogP contribution >= 0.6 is 0 Å². The van der Waals surface area contributed by atoms with Crippen molar-refractivity contribution in [2.75, 3.05) is 0 Å². The summed E-state index contributed by atoms with van der Waals surface area (Å²) in [5.74, 6) is 1.07. The Morgan fingerprint density at radius 1 is 1.30 bits per heavy atom. The summed E-state index contributed by atoms with van der Waals surface area (Å²) in [6.45, 7) is 7.77. The molecule has 0 spiro atoms. The first kappa shape index (κ1) is 20.7. The van der Waals surface area contributed by atoms with E-state index < -0.39 is 17.1 Å². The van der Waals surface area contributed by atoms with E-state index in [0.29, 0.717) is 31.1 Å². The van der Waals surface area contributed by atoms with Gasteiger partial charge in [-0.2, -0.15) is 0 Å². The van der Waals surface area contributed by atoms with Gasteiger partial charge in [0.1, 0.15) is 5.60 Å². The maximum Gasteiger partial charge on any atom is 0.161 e. The SMILES string of the molecule is CCCCC(=O)/C=C1\CC2C(C[C@@H]1C)C1CC[C@](O)(C(C)=O)[C@@]1(C)C[C@@H]2O. The van der Waals surface area contributed by atoms with Gasteiger partial charge in [0.05, 0.1) is 6.10 Å². The van der Waals surface area contributed by atoms with Gasteiger partial charge in [0.2, 0.25) is 0 Å². The van der Waals surface area contributed by atoms with Crippen molar-refractivity contribution in [3.8, 4) is 0 Å². The van der Waals surface area contributed by atoms with Gasteiger partial charge in [0.15, 0.2) is 11.6 Å². The summed E-state index contributed by atoms with van der Waals surface area (Å²) in [5.41, 5.74) is -0.670. The van der Waals surface area contributed by atoms with Crippen LogP contribution in [-0.2, 0) is 9.59 Å². The Morgan fingerprint density at radius 2 is 2.00 bits per heavy atom. The molecule has 3 rings (SSSR count). The lowest BCUT2D eigenvalue weighted by molar-refractivity contribution is -0.168. The summed E-state index contributed by atoms with van der Waals surface area (Å²) in [4.78, 5) is 24.5. The minimum Gasteiger partial charge on any atom is -0.393 e. The van der Waals surface area contributed by atoms with Crippen molar-refractivity contribution in [1.29, 1.82) is 0 Å². The number of carbonyl (C=O) groups is 2. The van der Waals surface area contributed by atoms with Crippen LogP contribution in [0.3, 0.4) is 0 Å². The first-order valence-electron chi connectivity index (χ1n) is 10.8. The number of Topliss-reactive ketones (excluding diaryl/α,β-unsaturated/α-hetero) is 1. The second-order valence-electron chi connectivity index (χ2n) is 9.71. The Labute approximate surface area is 163 Å². The van der Waals surface area contributed by atoms with Crippen molar-refractivity contribution in [3.05, 3.63) is 11.6 Å². The zero-order valence-corrected chi connectivity index (χ0v) is 17.3. The van der Waals surface area contributed by atoms with Crippen LogP contribution in [-0.4, -0.2) is 33.5 Å². The molecule has 0 heterocycles. The highest BCUT2D eigenvalue weighted by molar-refractivity contribution is 5.90. The molecule has 27 heavy (non-hydrogen) atoms. The molecule has 0 aromatic carbocycles. The molecule has 3 aliphatic carbocycles. The Balaban J connectivity index is 1.83. The third-order valence-electron chi connectivity index (χ3n) is 8.21. The monoisotopic (exact) mass is 376 g/mol. The number of rotatable bonds is 5. The van der Waals surface area contributed by atoms with Crippen molar-refractivity contribution in [3.63, 3.8) is 0 Å². The minimum atomic E-state index is -1.31. The molecule has 3 fully saturated rings. The van der Waals surface area contributed by atoms with Crippen LogP contribution in [0.25, 0.3) is 0 Å². The number of aliphatic hydroxyl groups is 2. The first-order valence-corrected chi connectivity index (χ1v) is 10.8. The van der Waals surface area contributed by atoms with E-state index in [4.69, 9.17) is 0 Å². The molecule has 3 saturated carbocycles. The topological polar surface area (TPSA) is 74.6 Å². The van der Waals surface area contributed by atoms with Crippen molar-refractivity contribution in [2.24, 2.45) is 29.1 Å². The van der Waals surface area contributed by atoms with Crippen molar-refractivity contribution in [1.82, 2.24) is 0 Å². The average Bonchev–Trinajstić information content (AvgIpc) is 2.87. The van der Waals surface area contributed by atoms with Gasteiger partial charge >= 0.3 is 0 Å². The van der Waals surface area contributed by atoms with Crippen LogP contribution in [0.5, 0.6) is 0 Å². The fraction of sp³-hybridized carbons (Fsp3) is 0.826. The van der Waals surface area contributed by atoms with Crippen molar-refractivity contribution >= 4 is 11.6 Å². The molecule has 3 unspecified atom stereocenters. The lowest BCUT2D eigenvalue weighted by Gasteiger charge is -2.55. The van der Waals surface area contributed by atoms with E-state index in [1.165, 1.54) is 12.5 Å². The summed E-state index contributed by atoms with van der Waals surface area (Å²) in [7, 11) is 0. The molecule has 3 aliphatic rings. The summed E-state index contributed by atoms with van der Waals surface area (Å²) in [6, 6.07) is 0. The summed E-state index contributed by atoms with van der Waals surface area (Å²) in [5, 5.41) is 22.1. The highest BCUT2D eigenvalue weighted by Crippen LogP contribution is 2.64. The highest BCUT2D eigenvalue weighted by Gasteiger charge is 2.65. The van der Waals surface area contributed by atoms with E-state index in [1.54, 1.807) is 0 Å². The molecule has 0 radical (unpaired) electrons. The Bertz CT molecular complexity index is 638. The largest absolute Gasteiger partial charge is 0.393 e. The smallest absolute Gasteiger partial charge is 0.161 e. The second kappa shape index (κ2) is 7.44. The molecule has 7 atom stereocenters. The number of allylic oxidation sites excluding steroid dienone is 2. The van der Waals surface area contributed by atoms with Crippen LogP contribution in [0.4, 0.5) is 0 Å². The molecule has 0 aromatic rings. The maximum absolute atomic E-state index is 12.2. The van der Waals surface area contributed by atoms with Gasteiger partial charge in [0, 0.05) is 11.8 Å². The second-order valence-corrected chi connectivity index (χ2v) is 9.71. The van der Waals surface area contributed by atoms with E-state index in [9.17, 15) is 19.8 Å². The molecular weight excluding hydrogens is 340 g/mol. The number of ketones is 2. The fourth-order valence-corrected chi connectivity index (χ4v) is 6.52. The molecule has 0 amide bonds. The van der Waals surface area contributed by atoms with E-state index >= 15 is 0 Å². The van der Waals surface area contributed by atoms with E-state index in [0.717, 1.165) is 32.1 Å². The van der Waals surface area contributed by atoms with Gasteiger partial charge in [0.25, 0.3) is 0 Å². The standard InChI is InChI=1S/C23H36O4/c1-5-6-7-17(25)11-16-12-19-18(10-14(16)2)20-8-9-23(27,15(3)24)22(20,4)13-21(19)26/h11,14,18-21,26-27H,5-10,12-13H2,1-4H3/b16-11+/t14-,18?,19?,20?,21-,22-,23-/m0/s1. The molecule has 0 aromatic heterocycles. The lowest BCUT2D eigenvalue weighted by atomic mass is 9.51. The van der Waals surface area contributed by atoms with Crippen LogP contribution in [0.2, 0.25) is 0 Å². The fourth-order valence-electron chi connectivity index (χ4n) is 6.52. The number of aliphatic hydroxyl groups excluding tert-OH is 1.